The summed E-state index contributed by atoms with van der Waals surface area (Å²) in [6.45, 7) is 8.60. The van der Waals surface area contributed by atoms with Crippen LogP contribution >= 0.6 is 0 Å². The number of hydrogen-bond donors (Lipinski definition) is 1. The number of ether oxygens (including phenoxy) is 2. The van der Waals surface area contributed by atoms with Crippen molar-refractivity contribution < 1.29 is 9.47 Å². The SMILES string of the molecule is CCOCc1n[nH]c(COCC)c1C. The Balaban J connectivity index is 2.55. The molecule has 0 unspecified atom stereocenters. The Labute approximate surface area is 84.6 Å². The van der Waals surface area contributed by atoms with Gasteiger partial charge in [-0.05, 0) is 26.3 Å². The number of rotatable bonds is 6. The van der Waals surface area contributed by atoms with Crippen molar-refractivity contribution in [1.29, 1.82) is 0 Å². The molecule has 4 nitrogen and oxygen atoms in total. The molecule has 0 aliphatic rings. The first-order valence-corrected chi connectivity index (χ1v) is 4.97. The van der Waals surface area contributed by atoms with Gasteiger partial charge in [0.05, 0.1) is 24.6 Å². The second kappa shape index (κ2) is 5.78. The Hall–Kier alpha value is -0.870. The van der Waals surface area contributed by atoms with E-state index in [0.717, 1.165) is 23.6 Å². The van der Waals surface area contributed by atoms with Gasteiger partial charge in [-0.25, -0.2) is 0 Å². The van der Waals surface area contributed by atoms with Crippen molar-refractivity contribution in [1.82, 2.24) is 10.2 Å². The third-order valence-electron chi connectivity index (χ3n) is 2.10. The van der Waals surface area contributed by atoms with E-state index in [1.165, 1.54) is 0 Å². The van der Waals surface area contributed by atoms with Crippen LogP contribution in [0.25, 0.3) is 0 Å². The molecule has 0 bridgehead atoms. The van der Waals surface area contributed by atoms with E-state index in [4.69, 9.17) is 9.47 Å². The van der Waals surface area contributed by atoms with E-state index in [9.17, 15) is 0 Å². The van der Waals surface area contributed by atoms with Gasteiger partial charge < -0.3 is 9.47 Å². The summed E-state index contributed by atoms with van der Waals surface area (Å²) in [5.41, 5.74) is 3.16. The predicted molar refractivity (Wildman–Crippen MR) is 54.0 cm³/mol. The van der Waals surface area contributed by atoms with Gasteiger partial charge in [0.15, 0.2) is 0 Å². The second-order valence-electron chi connectivity index (χ2n) is 3.05. The number of nitrogens with zero attached hydrogens (tertiary/aromatic N) is 1. The Kier molecular flexibility index (Phi) is 4.62. The van der Waals surface area contributed by atoms with Gasteiger partial charge in [-0.15, -0.1) is 0 Å². The molecule has 1 heterocycles. The minimum absolute atomic E-state index is 0.574. The van der Waals surface area contributed by atoms with Crippen LogP contribution in [0.1, 0.15) is 30.8 Å². The highest BCUT2D eigenvalue weighted by molar-refractivity contribution is 5.22. The topological polar surface area (TPSA) is 47.1 Å². The van der Waals surface area contributed by atoms with E-state index in [2.05, 4.69) is 10.2 Å². The van der Waals surface area contributed by atoms with Crippen molar-refractivity contribution in [3.05, 3.63) is 17.0 Å². The standard InChI is InChI=1S/C10H18N2O2/c1-4-13-6-9-8(3)10(12-11-9)7-14-5-2/h4-7H2,1-3H3,(H,11,12). The van der Waals surface area contributed by atoms with Gasteiger partial charge in [0, 0.05) is 13.2 Å². The molecule has 0 aromatic carbocycles. The van der Waals surface area contributed by atoms with Crippen LogP contribution in [-0.4, -0.2) is 23.4 Å². The number of aromatic nitrogens is 2. The summed E-state index contributed by atoms with van der Waals surface area (Å²) >= 11 is 0. The Morgan fingerprint density at radius 2 is 1.79 bits per heavy atom. The molecule has 80 valence electrons. The second-order valence-corrected chi connectivity index (χ2v) is 3.05. The molecule has 0 aliphatic heterocycles. The van der Waals surface area contributed by atoms with Gasteiger partial charge in [0.25, 0.3) is 0 Å². The summed E-state index contributed by atoms with van der Waals surface area (Å²) in [6.07, 6.45) is 0. The Morgan fingerprint density at radius 3 is 2.43 bits per heavy atom. The van der Waals surface area contributed by atoms with Crippen molar-refractivity contribution in [2.75, 3.05) is 13.2 Å². The van der Waals surface area contributed by atoms with Crippen molar-refractivity contribution in [2.45, 2.75) is 34.0 Å². The summed E-state index contributed by atoms with van der Waals surface area (Å²) in [6, 6.07) is 0. The molecule has 1 N–H and O–H groups in total. The fourth-order valence-electron chi connectivity index (χ4n) is 1.16. The summed E-state index contributed by atoms with van der Waals surface area (Å²) in [5, 5.41) is 7.14. The van der Waals surface area contributed by atoms with Gasteiger partial charge >= 0.3 is 0 Å². The number of nitrogens with one attached hydrogen (secondary N) is 1. The van der Waals surface area contributed by atoms with Crippen LogP contribution in [0.4, 0.5) is 0 Å². The van der Waals surface area contributed by atoms with Gasteiger partial charge in [0.1, 0.15) is 0 Å². The molecule has 0 atom stereocenters. The molecule has 0 radical (unpaired) electrons. The zero-order valence-corrected chi connectivity index (χ0v) is 9.09. The third-order valence-corrected chi connectivity index (χ3v) is 2.10. The molecule has 1 aromatic rings. The van der Waals surface area contributed by atoms with E-state index in [1.54, 1.807) is 0 Å². The van der Waals surface area contributed by atoms with Crippen LogP contribution in [0.3, 0.4) is 0 Å². The maximum absolute atomic E-state index is 5.31. The minimum Gasteiger partial charge on any atom is -0.375 e. The number of aromatic amines is 1. The van der Waals surface area contributed by atoms with Crippen LogP contribution in [0, 0.1) is 6.92 Å². The highest BCUT2D eigenvalue weighted by Gasteiger charge is 2.08. The van der Waals surface area contributed by atoms with Gasteiger partial charge in [0.2, 0.25) is 0 Å². The highest BCUT2D eigenvalue weighted by Crippen LogP contribution is 2.11. The smallest absolute Gasteiger partial charge is 0.0912 e. The molecule has 0 spiro atoms. The number of H-pyrrole nitrogens is 1. The number of hydrogen-bond acceptors (Lipinski definition) is 3. The molecule has 1 rings (SSSR count). The fourth-order valence-corrected chi connectivity index (χ4v) is 1.16. The molecular formula is C10H18N2O2. The molecule has 14 heavy (non-hydrogen) atoms. The predicted octanol–water partition coefficient (Wildman–Crippen LogP) is 1.79. The van der Waals surface area contributed by atoms with Gasteiger partial charge in [-0.3, -0.25) is 5.10 Å². The van der Waals surface area contributed by atoms with Crippen LogP contribution in [0.15, 0.2) is 0 Å². The quantitative estimate of drug-likeness (QED) is 0.758. The molecule has 0 aliphatic carbocycles. The molecule has 0 saturated heterocycles. The van der Waals surface area contributed by atoms with Crippen LogP contribution in [-0.2, 0) is 22.7 Å². The lowest BCUT2D eigenvalue weighted by Gasteiger charge is -2.00. The van der Waals surface area contributed by atoms with E-state index in [-0.39, 0.29) is 0 Å². The van der Waals surface area contributed by atoms with E-state index >= 15 is 0 Å². The minimum atomic E-state index is 0.574. The average Bonchev–Trinajstić information content (AvgIpc) is 2.54. The summed E-state index contributed by atoms with van der Waals surface area (Å²) in [4.78, 5) is 0. The van der Waals surface area contributed by atoms with Gasteiger partial charge in [-0.2, -0.15) is 5.10 Å². The lowest BCUT2D eigenvalue weighted by atomic mass is 10.2. The molecule has 1 aromatic heterocycles. The van der Waals surface area contributed by atoms with Crippen LogP contribution in [0.2, 0.25) is 0 Å². The van der Waals surface area contributed by atoms with E-state index in [0.29, 0.717) is 19.8 Å². The first-order chi connectivity index (χ1) is 6.79. The van der Waals surface area contributed by atoms with Crippen molar-refractivity contribution in [3.8, 4) is 0 Å². The summed E-state index contributed by atoms with van der Waals surface area (Å²) < 4.78 is 10.6. The average molecular weight is 198 g/mol. The zero-order chi connectivity index (χ0) is 10.4. The fraction of sp³-hybridized carbons (Fsp3) is 0.700. The van der Waals surface area contributed by atoms with Crippen LogP contribution < -0.4 is 0 Å². The van der Waals surface area contributed by atoms with Crippen molar-refractivity contribution in [3.63, 3.8) is 0 Å². The summed E-state index contributed by atoms with van der Waals surface area (Å²) in [5.74, 6) is 0. The Bertz CT molecular complexity index is 246. The van der Waals surface area contributed by atoms with Crippen molar-refractivity contribution >= 4 is 0 Å². The van der Waals surface area contributed by atoms with Crippen LogP contribution in [0.5, 0.6) is 0 Å². The summed E-state index contributed by atoms with van der Waals surface area (Å²) in [7, 11) is 0. The molecule has 0 saturated carbocycles. The lowest BCUT2D eigenvalue weighted by Crippen LogP contribution is -1.96. The Morgan fingerprint density at radius 1 is 1.14 bits per heavy atom. The molecular weight excluding hydrogens is 180 g/mol. The normalized spacial score (nSPS) is 10.8. The maximum atomic E-state index is 5.31. The van der Waals surface area contributed by atoms with E-state index in [1.807, 2.05) is 20.8 Å². The zero-order valence-electron chi connectivity index (χ0n) is 9.09. The third kappa shape index (κ3) is 2.82. The first kappa shape index (κ1) is 11.2. The lowest BCUT2D eigenvalue weighted by molar-refractivity contribution is 0.129. The van der Waals surface area contributed by atoms with Gasteiger partial charge in [-0.1, -0.05) is 0 Å². The van der Waals surface area contributed by atoms with E-state index < -0.39 is 0 Å². The first-order valence-electron chi connectivity index (χ1n) is 4.97. The largest absolute Gasteiger partial charge is 0.375 e. The van der Waals surface area contributed by atoms with Crippen molar-refractivity contribution in [2.24, 2.45) is 0 Å². The highest BCUT2D eigenvalue weighted by atomic mass is 16.5. The monoisotopic (exact) mass is 198 g/mol. The maximum Gasteiger partial charge on any atom is 0.0912 e. The molecule has 0 fully saturated rings. The molecule has 4 heteroatoms. The molecule has 0 amide bonds.